The quantitative estimate of drug-likeness (QED) is 0.0561. The van der Waals surface area contributed by atoms with E-state index in [1.807, 2.05) is 0 Å². The summed E-state index contributed by atoms with van der Waals surface area (Å²) in [5, 5.41) is 84.8. The molecule has 324 valence electrons. The van der Waals surface area contributed by atoms with Gasteiger partial charge in [0.25, 0.3) is 0 Å². The zero-order chi connectivity index (χ0) is 41.4. The fourth-order valence-corrected chi connectivity index (χ4v) is 6.19. The average Bonchev–Trinajstić information content (AvgIpc) is 4.04. The Labute approximate surface area is 343 Å². The number of hydrogen-bond donors (Lipinski definition) is 10. The number of ether oxygens (including phenoxy) is 4. The van der Waals surface area contributed by atoms with E-state index >= 15 is 0 Å². The van der Waals surface area contributed by atoms with Crippen LogP contribution in [0.1, 0.15) is 51.2 Å². The van der Waals surface area contributed by atoms with E-state index in [9.17, 15) is 40.2 Å². The van der Waals surface area contributed by atoms with Crippen LogP contribution < -0.4 is 11.5 Å². The van der Waals surface area contributed by atoms with Crippen LogP contribution in [0.15, 0.2) is 12.7 Å². The summed E-state index contributed by atoms with van der Waals surface area (Å²) >= 11 is 11.7. The Morgan fingerprint density at radius 3 is 1.42 bits per heavy atom. The maximum Gasteiger partial charge on any atom is 0.341 e. The van der Waals surface area contributed by atoms with Crippen LogP contribution in [-0.4, -0.2) is 173 Å². The number of aromatic nitrogens is 16. The minimum absolute atomic E-state index is 0. The van der Waals surface area contributed by atoms with E-state index in [0.717, 1.165) is 0 Å². The number of anilines is 2. The van der Waals surface area contributed by atoms with Crippen LogP contribution in [0.2, 0.25) is 10.6 Å². The number of halogens is 2. The molecule has 8 heterocycles. The van der Waals surface area contributed by atoms with Gasteiger partial charge in [0, 0.05) is 0 Å². The highest BCUT2D eigenvalue weighted by Crippen LogP contribution is 2.35. The van der Waals surface area contributed by atoms with E-state index in [4.69, 9.17) is 53.6 Å². The molecular weight excluding hydrogens is 851 g/mol. The summed E-state index contributed by atoms with van der Waals surface area (Å²) in [5.74, 6) is -3.06. The zero-order valence-corrected chi connectivity index (χ0v) is 30.2. The Balaban J connectivity index is 0.000000220. The molecular formula is C28H36Cl2N18O12. The first-order valence-corrected chi connectivity index (χ1v) is 17.0. The SMILES string of the molecule is C.C.Nc1nc(Cl)nc2c1ncn2[C@@H]1O[C@H](CO[C@@H](C(=O)O)c2nn[nH]n2)[C@@H](O)[C@H]1O.Nc1nc(Cl)nc2c1ncn2[C@@H]1O[C@H](CO[C@H](C(=O)O)c2nn[nH]n2)[C@@H](O)[C@H]1O. The number of nitrogens with zero attached hydrogens (tertiary/aromatic N) is 14. The highest BCUT2D eigenvalue weighted by atomic mass is 35.5. The number of aliphatic hydroxyl groups is 4. The minimum atomic E-state index is -1.54. The van der Waals surface area contributed by atoms with Gasteiger partial charge in [-0.25, -0.2) is 19.6 Å². The molecule has 2 fully saturated rings. The van der Waals surface area contributed by atoms with Gasteiger partial charge < -0.3 is 61.1 Å². The zero-order valence-electron chi connectivity index (χ0n) is 28.6. The first-order chi connectivity index (χ1) is 27.7. The summed E-state index contributed by atoms with van der Waals surface area (Å²) in [6, 6.07) is 0. The number of tetrazole rings is 2. The first kappa shape index (κ1) is 45.1. The molecule has 30 nitrogen and oxygen atoms in total. The van der Waals surface area contributed by atoms with Crippen molar-refractivity contribution in [2.24, 2.45) is 0 Å². The Morgan fingerprint density at radius 2 is 1.08 bits per heavy atom. The molecule has 0 bridgehead atoms. The Kier molecular flexibility index (Phi) is 13.9. The third kappa shape index (κ3) is 8.81. The lowest BCUT2D eigenvalue weighted by Crippen LogP contribution is -2.34. The number of carboxylic acid groups (broad SMARTS) is 2. The van der Waals surface area contributed by atoms with E-state index in [1.54, 1.807) is 0 Å². The Bertz CT molecular complexity index is 2230. The van der Waals surface area contributed by atoms with Gasteiger partial charge in [-0.3, -0.25) is 9.13 Å². The molecule has 10 atom stereocenters. The number of aliphatic carboxylic acids is 2. The molecule has 0 saturated carbocycles. The second-order valence-electron chi connectivity index (χ2n) is 12.1. The molecule has 2 aliphatic heterocycles. The van der Waals surface area contributed by atoms with E-state index in [2.05, 4.69) is 71.2 Å². The van der Waals surface area contributed by atoms with Crippen LogP contribution in [-0.2, 0) is 28.5 Å². The summed E-state index contributed by atoms with van der Waals surface area (Å²) in [5.41, 5.74) is 12.4. The molecule has 2 saturated heterocycles. The largest absolute Gasteiger partial charge is 0.479 e. The fourth-order valence-electron chi connectivity index (χ4n) is 5.84. The first-order valence-electron chi connectivity index (χ1n) is 16.2. The molecule has 2 aliphatic rings. The summed E-state index contributed by atoms with van der Waals surface area (Å²) < 4.78 is 24.5. The normalized spacial score (nSPS) is 24.6. The second-order valence-corrected chi connectivity index (χ2v) is 12.8. The minimum Gasteiger partial charge on any atom is -0.479 e. The molecule has 0 aromatic carbocycles. The number of hydrogen-bond acceptors (Lipinski definition) is 24. The number of nitrogen functional groups attached to an aromatic ring is 2. The number of fused-ring (bicyclic) bond motifs is 2. The van der Waals surface area contributed by atoms with Crippen LogP contribution in [0.4, 0.5) is 11.6 Å². The Morgan fingerprint density at radius 1 is 0.700 bits per heavy atom. The number of H-pyrrole nitrogens is 2. The predicted octanol–water partition coefficient (Wildman–Crippen LogP) is -2.65. The molecule has 0 radical (unpaired) electrons. The van der Waals surface area contributed by atoms with E-state index in [0.29, 0.717) is 0 Å². The van der Waals surface area contributed by atoms with Gasteiger partial charge >= 0.3 is 11.9 Å². The third-order valence-corrected chi connectivity index (χ3v) is 8.90. The summed E-state index contributed by atoms with van der Waals surface area (Å²) in [4.78, 5) is 46.5. The number of carbonyl (C=O) groups is 2. The van der Waals surface area contributed by atoms with Gasteiger partial charge in [-0.1, -0.05) is 25.3 Å². The fraction of sp³-hybridized carbons (Fsp3) is 0.500. The van der Waals surface area contributed by atoms with Crippen molar-refractivity contribution in [2.45, 2.75) is 76.1 Å². The van der Waals surface area contributed by atoms with Crippen LogP contribution in [0.3, 0.4) is 0 Å². The molecule has 0 unspecified atom stereocenters. The van der Waals surface area contributed by atoms with Crippen molar-refractivity contribution >= 4 is 69.1 Å². The van der Waals surface area contributed by atoms with Crippen LogP contribution in [0.5, 0.6) is 0 Å². The molecule has 0 spiro atoms. The maximum atomic E-state index is 11.4. The monoisotopic (exact) mass is 886 g/mol. The second kappa shape index (κ2) is 18.5. The summed E-state index contributed by atoms with van der Waals surface area (Å²) in [6.45, 7) is -0.768. The third-order valence-electron chi connectivity index (χ3n) is 8.56. The van der Waals surface area contributed by atoms with Crippen molar-refractivity contribution < 1.29 is 59.2 Å². The van der Waals surface area contributed by atoms with Crippen molar-refractivity contribution in [3.63, 3.8) is 0 Å². The van der Waals surface area contributed by atoms with Gasteiger partial charge in [0.05, 0.1) is 25.9 Å². The topological polar surface area (TPSA) is 441 Å². The molecule has 8 rings (SSSR count). The number of rotatable bonds is 12. The lowest BCUT2D eigenvalue weighted by atomic mass is 10.1. The smallest absolute Gasteiger partial charge is 0.341 e. The number of aromatic amines is 2. The van der Waals surface area contributed by atoms with Gasteiger partial charge in [-0.05, 0) is 23.2 Å². The lowest BCUT2D eigenvalue weighted by molar-refractivity contribution is -0.157. The van der Waals surface area contributed by atoms with Crippen molar-refractivity contribution in [3.8, 4) is 0 Å². The standard InChI is InChI=1S/2C13H14ClN9O6.2CH4/c2*14-13-17-8(15)4-10(18-13)23(2-16-4)11-6(25)5(24)3(29-11)1-28-7(12(26)27)9-19-21-22-20-9;;/h2*2-3,5-7,11,24-25H,1H2,(H,26,27)(H2,15,17,18)(H,19,20,21,22);2*1H4/t3-,5-,6-,7+,11-;3-,5-,6-,7-,11-;;/m11../s1. The molecule has 60 heavy (non-hydrogen) atoms. The summed E-state index contributed by atoms with van der Waals surface area (Å²) in [6.07, 6.45) is -10.4. The van der Waals surface area contributed by atoms with Crippen molar-refractivity contribution in [2.75, 3.05) is 24.7 Å². The van der Waals surface area contributed by atoms with Gasteiger partial charge in [0.15, 0.2) is 35.4 Å². The van der Waals surface area contributed by atoms with Crippen molar-refractivity contribution in [1.29, 1.82) is 0 Å². The lowest BCUT2D eigenvalue weighted by Gasteiger charge is -2.17. The van der Waals surface area contributed by atoms with Crippen LogP contribution in [0.25, 0.3) is 22.3 Å². The van der Waals surface area contributed by atoms with Crippen LogP contribution in [0, 0.1) is 0 Å². The van der Waals surface area contributed by atoms with Gasteiger partial charge in [-0.15, -0.1) is 20.4 Å². The number of aliphatic hydroxyl groups excluding tert-OH is 4. The highest BCUT2D eigenvalue weighted by Gasteiger charge is 2.46. The molecule has 12 N–H and O–H groups in total. The Hall–Kier alpha value is -5.96. The number of nitrogens with one attached hydrogen (secondary N) is 2. The van der Waals surface area contributed by atoms with Gasteiger partial charge in [-0.2, -0.15) is 30.4 Å². The van der Waals surface area contributed by atoms with E-state index < -0.39 is 73.2 Å². The number of nitrogens with two attached hydrogens (primary N) is 2. The molecule has 0 aliphatic carbocycles. The molecule has 6 aromatic heterocycles. The number of carboxylic acids is 2. The predicted molar refractivity (Wildman–Crippen MR) is 196 cm³/mol. The summed E-state index contributed by atoms with van der Waals surface area (Å²) in [7, 11) is 0. The van der Waals surface area contributed by atoms with Gasteiger partial charge in [0.1, 0.15) is 47.7 Å². The molecule has 32 heteroatoms. The number of imidazole rings is 2. The molecule has 0 amide bonds. The highest BCUT2D eigenvalue weighted by molar-refractivity contribution is 6.29. The molecule has 6 aromatic rings. The van der Waals surface area contributed by atoms with Crippen LogP contribution >= 0.6 is 23.2 Å². The van der Waals surface area contributed by atoms with Crippen molar-refractivity contribution in [1.82, 2.24) is 80.3 Å². The van der Waals surface area contributed by atoms with E-state index in [-0.39, 0.29) is 84.2 Å². The average molecular weight is 888 g/mol. The maximum absolute atomic E-state index is 11.4. The van der Waals surface area contributed by atoms with Gasteiger partial charge in [0.2, 0.25) is 34.4 Å². The van der Waals surface area contributed by atoms with E-state index in [1.165, 1.54) is 21.8 Å². The van der Waals surface area contributed by atoms with Crippen molar-refractivity contribution in [3.05, 3.63) is 34.9 Å².